The molecule has 0 saturated carbocycles. The highest BCUT2D eigenvalue weighted by atomic mass is 16.5. The number of hydrogen-bond donors (Lipinski definition) is 1. The third-order valence-corrected chi connectivity index (χ3v) is 1.43. The molecule has 0 spiro atoms. The Morgan fingerprint density at radius 1 is 1.12 bits per heavy atom. The molecule has 0 bridgehead atoms. The molecule has 0 aromatic heterocycles. The average Bonchev–Trinajstić information content (AvgIpc) is 2.30. The number of nitrogens with one attached hydrogen (secondary N) is 1. The van der Waals surface area contributed by atoms with Gasteiger partial charge in [-0.15, -0.1) is 4.99 Å². The van der Waals surface area contributed by atoms with Crippen LogP contribution in [0, 0.1) is 16.9 Å². The van der Waals surface area contributed by atoms with Gasteiger partial charge in [-0.3, -0.25) is 5.41 Å². The molecule has 5 nitrogen and oxygen atoms in total. The van der Waals surface area contributed by atoms with Crippen LogP contribution in [-0.4, -0.2) is 25.0 Å². The summed E-state index contributed by atoms with van der Waals surface area (Å²) in [4.78, 5) is 3.43. The summed E-state index contributed by atoms with van der Waals surface area (Å²) in [5.41, 5.74) is 0. The Morgan fingerprint density at radius 3 is 1.94 bits per heavy atom. The van der Waals surface area contributed by atoms with Crippen LogP contribution in [0.25, 0.3) is 0 Å². The van der Waals surface area contributed by atoms with Gasteiger partial charge in [0.15, 0.2) is 11.8 Å². The molecule has 0 atom stereocenters. The molecule has 0 aliphatic rings. The van der Waals surface area contributed by atoms with Crippen molar-refractivity contribution < 1.29 is 9.47 Å². The fourth-order valence-corrected chi connectivity index (χ4v) is 0.712. The fourth-order valence-electron chi connectivity index (χ4n) is 0.712. The van der Waals surface area contributed by atoms with Crippen LogP contribution in [0.15, 0.2) is 4.99 Å². The minimum absolute atomic E-state index is 0.377. The first kappa shape index (κ1) is 16.8. The van der Waals surface area contributed by atoms with Crippen molar-refractivity contribution in [2.75, 3.05) is 13.2 Å². The van der Waals surface area contributed by atoms with Gasteiger partial charge in [0.25, 0.3) is 0 Å². The van der Waals surface area contributed by atoms with Crippen LogP contribution >= 0.6 is 0 Å². The summed E-state index contributed by atoms with van der Waals surface area (Å²) in [5.74, 6) is 0.891. The van der Waals surface area contributed by atoms with Crippen molar-refractivity contribution >= 4 is 11.8 Å². The van der Waals surface area contributed by atoms with Crippen molar-refractivity contribution in [1.82, 2.24) is 0 Å². The average molecular weight is 227 g/mol. The van der Waals surface area contributed by atoms with Gasteiger partial charge >= 0.3 is 0 Å². The maximum atomic E-state index is 8.08. The van der Waals surface area contributed by atoms with Crippen molar-refractivity contribution in [3.63, 3.8) is 0 Å². The SMILES string of the molecule is CCOC(=N)CC.CCOC(CC)=NC#N. The Kier molecular flexibility index (Phi) is 14.1. The minimum atomic E-state index is 0.377. The van der Waals surface area contributed by atoms with E-state index in [0.717, 1.165) is 0 Å². The molecule has 1 N–H and O–H groups in total. The molecule has 0 saturated heterocycles. The van der Waals surface area contributed by atoms with Gasteiger partial charge in [-0.1, -0.05) is 13.8 Å². The highest BCUT2D eigenvalue weighted by Crippen LogP contribution is 1.87. The van der Waals surface area contributed by atoms with E-state index >= 15 is 0 Å². The van der Waals surface area contributed by atoms with Crippen molar-refractivity contribution in [3.8, 4) is 6.19 Å². The van der Waals surface area contributed by atoms with Crippen LogP contribution in [0.1, 0.15) is 40.5 Å². The number of aliphatic imine (C=N–C) groups is 1. The third-order valence-electron chi connectivity index (χ3n) is 1.43. The maximum absolute atomic E-state index is 8.08. The van der Waals surface area contributed by atoms with Gasteiger partial charge in [-0.2, -0.15) is 5.26 Å². The van der Waals surface area contributed by atoms with E-state index in [-0.39, 0.29) is 0 Å². The Hall–Kier alpha value is -1.57. The smallest absolute Gasteiger partial charge is 0.208 e. The molecule has 0 aromatic carbocycles. The topological polar surface area (TPSA) is 78.5 Å². The van der Waals surface area contributed by atoms with E-state index in [1.54, 1.807) is 6.19 Å². The lowest BCUT2D eigenvalue weighted by Crippen LogP contribution is -2.01. The number of ether oxygens (including phenoxy) is 2. The molecule has 0 unspecified atom stereocenters. The van der Waals surface area contributed by atoms with Gasteiger partial charge in [-0.25, -0.2) is 0 Å². The van der Waals surface area contributed by atoms with E-state index in [2.05, 4.69) is 4.99 Å². The van der Waals surface area contributed by atoms with Crippen LogP contribution in [0.4, 0.5) is 0 Å². The lowest BCUT2D eigenvalue weighted by molar-refractivity contribution is 0.315. The number of nitrogens with zero attached hydrogens (tertiary/aromatic N) is 2. The summed E-state index contributed by atoms with van der Waals surface area (Å²) in [6.45, 7) is 8.73. The largest absolute Gasteiger partial charge is 0.481 e. The molecular formula is C11H21N3O2. The van der Waals surface area contributed by atoms with Crippen LogP contribution in [0.5, 0.6) is 0 Å². The Balaban J connectivity index is 0. The summed E-state index contributed by atoms with van der Waals surface area (Å²) in [6.07, 6.45) is 3.05. The van der Waals surface area contributed by atoms with E-state index in [1.165, 1.54) is 0 Å². The molecule has 0 heterocycles. The first-order chi connectivity index (χ1) is 7.65. The van der Waals surface area contributed by atoms with E-state index in [1.807, 2.05) is 27.7 Å². The van der Waals surface area contributed by atoms with Crippen molar-refractivity contribution in [2.24, 2.45) is 4.99 Å². The van der Waals surface area contributed by atoms with Gasteiger partial charge in [0, 0.05) is 12.8 Å². The normalized spacial score (nSPS) is 9.56. The molecule has 0 aliphatic heterocycles. The predicted octanol–water partition coefficient (Wildman–Crippen LogP) is 2.72. The number of hydrogen-bond acceptors (Lipinski definition) is 5. The minimum Gasteiger partial charge on any atom is -0.481 e. The maximum Gasteiger partial charge on any atom is 0.208 e. The first-order valence-electron chi connectivity index (χ1n) is 5.44. The summed E-state index contributed by atoms with van der Waals surface area (Å²) in [5, 5.41) is 15.0. The zero-order valence-corrected chi connectivity index (χ0v) is 10.5. The van der Waals surface area contributed by atoms with E-state index < -0.39 is 0 Å². The molecule has 0 rings (SSSR count). The van der Waals surface area contributed by atoms with Crippen molar-refractivity contribution in [3.05, 3.63) is 0 Å². The molecule has 0 aliphatic carbocycles. The number of rotatable bonds is 4. The predicted molar refractivity (Wildman–Crippen MR) is 64.6 cm³/mol. The second kappa shape index (κ2) is 13.4. The molecule has 92 valence electrons. The Bertz CT molecular complexity index is 244. The number of nitriles is 1. The zero-order chi connectivity index (χ0) is 12.8. The van der Waals surface area contributed by atoms with Crippen LogP contribution < -0.4 is 0 Å². The van der Waals surface area contributed by atoms with E-state index in [0.29, 0.717) is 37.9 Å². The van der Waals surface area contributed by atoms with Crippen molar-refractivity contribution in [2.45, 2.75) is 40.5 Å². The molecule has 16 heavy (non-hydrogen) atoms. The quantitative estimate of drug-likeness (QED) is 0.455. The third kappa shape index (κ3) is 12.4. The lowest BCUT2D eigenvalue weighted by atomic mass is 10.5. The second-order valence-corrected chi connectivity index (χ2v) is 2.60. The summed E-state index contributed by atoms with van der Waals surface area (Å²) >= 11 is 0. The van der Waals surface area contributed by atoms with Crippen LogP contribution in [0.3, 0.4) is 0 Å². The fraction of sp³-hybridized carbons (Fsp3) is 0.727. The Labute approximate surface area is 97.6 Å². The van der Waals surface area contributed by atoms with Gasteiger partial charge in [0.05, 0.1) is 13.2 Å². The van der Waals surface area contributed by atoms with E-state index in [4.69, 9.17) is 20.1 Å². The lowest BCUT2D eigenvalue weighted by Gasteiger charge is -1.99. The molecule has 0 radical (unpaired) electrons. The monoisotopic (exact) mass is 227 g/mol. The Morgan fingerprint density at radius 2 is 1.69 bits per heavy atom. The second-order valence-electron chi connectivity index (χ2n) is 2.60. The van der Waals surface area contributed by atoms with Gasteiger partial charge < -0.3 is 9.47 Å². The summed E-state index contributed by atoms with van der Waals surface area (Å²) < 4.78 is 9.73. The highest BCUT2D eigenvalue weighted by molar-refractivity contribution is 5.76. The summed E-state index contributed by atoms with van der Waals surface area (Å²) in [7, 11) is 0. The van der Waals surface area contributed by atoms with Gasteiger partial charge in [0.1, 0.15) is 0 Å². The van der Waals surface area contributed by atoms with Crippen LogP contribution in [0.2, 0.25) is 0 Å². The first-order valence-corrected chi connectivity index (χ1v) is 5.44. The molecule has 0 amide bonds. The van der Waals surface area contributed by atoms with Crippen molar-refractivity contribution in [1.29, 1.82) is 10.7 Å². The van der Waals surface area contributed by atoms with E-state index in [9.17, 15) is 0 Å². The summed E-state index contributed by atoms with van der Waals surface area (Å²) in [6, 6.07) is 0. The van der Waals surface area contributed by atoms with Gasteiger partial charge in [-0.05, 0) is 13.8 Å². The zero-order valence-electron chi connectivity index (χ0n) is 10.5. The van der Waals surface area contributed by atoms with Gasteiger partial charge in [0.2, 0.25) is 6.19 Å². The van der Waals surface area contributed by atoms with Crippen LogP contribution in [-0.2, 0) is 9.47 Å². The molecular weight excluding hydrogens is 206 g/mol. The molecule has 5 heteroatoms. The molecule has 0 aromatic rings. The highest BCUT2D eigenvalue weighted by Gasteiger charge is 1.91. The standard InChI is InChI=1S/C6H10N2O.C5H11NO/c1-3-6(8-5-7)9-4-2;1-3-5(6)7-4-2/h3-4H2,1-2H3;6H,3-4H2,1-2H3. The molecule has 0 fully saturated rings.